The van der Waals surface area contributed by atoms with Crippen molar-refractivity contribution in [2.24, 2.45) is 22.9 Å². The van der Waals surface area contributed by atoms with E-state index < -0.39 is 5.97 Å². The van der Waals surface area contributed by atoms with Crippen LogP contribution in [0.3, 0.4) is 0 Å². The van der Waals surface area contributed by atoms with E-state index in [9.17, 15) is 0 Å². The maximum atomic E-state index is 9.00. The smallest absolute Gasteiger partial charge is 0.300 e. The van der Waals surface area contributed by atoms with E-state index in [4.69, 9.17) is 21.5 Å². The molecule has 5 nitrogen and oxygen atoms in total. The van der Waals surface area contributed by atoms with Gasteiger partial charge in [-0.15, -0.1) is 0 Å². The van der Waals surface area contributed by atoms with Gasteiger partial charge in [-0.05, 0) is 17.8 Å². The van der Waals surface area contributed by atoms with Crippen molar-refractivity contribution in [2.75, 3.05) is 13.1 Å². The molecule has 0 aromatic rings. The number of carboxylic acid groups (broad SMARTS) is 1. The molecule has 0 spiro atoms. The van der Waals surface area contributed by atoms with E-state index in [-0.39, 0.29) is 5.41 Å². The van der Waals surface area contributed by atoms with E-state index in [1.807, 2.05) is 5.01 Å². The molecule has 3 unspecified atom stereocenters. The number of nitrogens with zero attached hydrogens (tertiary/aromatic N) is 1. The van der Waals surface area contributed by atoms with Gasteiger partial charge in [0.1, 0.15) is 0 Å². The monoisotopic (exact) mass is 231 g/mol. The van der Waals surface area contributed by atoms with Crippen molar-refractivity contribution in [3.63, 3.8) is 0 Å². The average molecular weight is 231 g/mol. The lowest BCUT2D eigenvalue weighted by Gasteiger charge is -2.46. The van der Waals surface area contributed by atoms with Gasteiger partial charge in [0.25, 0.3) is 5.97 Å². The summed E-state index contributed by atoms with van der Waals surface area (Å²) in [6.45, 7) is 9.53. The number of carboxylic acids is 1. The molecule has 0 amide bonds. The van der Waals surface area contributed by atoms with Gasteiger partial charge in [0.15, 0.2) is 0 Å². The Kier molecular flexibility index (Phi) is 5.92. The van der Waals surface area contributed by atoms with E-state index in [0.717, 1.165) is 26.4 Å². The summed E-state index contributed by atoms with van der Waals surface area (Å²) in [5.74, 6) is 5.49. The molecule has 0 radical (unpaired) electrons. The molecule has 1 aliphatic rings. The van der Waals surface area contributed by atoms with Crippen LogP contribution < -0.4 is 11.6 Å². The highest BCUT2D eigenvalue weighted by Gasteiger charge is 2.39. The lowest BCUT2D eigenvalue weighted by Crippen LogP contribution is -2.59. The Morgan fingerprint density at radius 3 is 2.44 bits per heavy atom. The van der Waals surface area contributed by atoms with Crippen molar-refractivity contribution in [1.82, 2.24) is 5.01 Å². The molecule has 96 valence electrons. The number of hydrogen-bond donors (Lipinski definition) is 3. The standard InChI is InChI=1S/C9H21N3.C2H4O2/c1-4-9(3)6-12(11)5-7(2)8(9)10;1-2(3)4/h7-8H,4-6,10-11H2,1-3H3;1H3,(H,3,4). The SMILES string of the molecule is CC(=O)O.CCC1(C)CN(N)CC(C)C1N. The first-order chi connectivity index (χ1) is 7.23. The summed E-state index contributed by atoms with van der Waals surface area (Å²) >= 11 is 0. The number of nitrogens with two attached hydrogens (primary N) is 2. The van der Waals surface area contributed by atoms with Crippen LogP contribution in [0.1, 0.15) is 34.1 Å². The highest BCUT2D eigenvalue weighted by molar-refractivity contribution is 5.62. The molecule has 1 heterocycles. The third kappa shape index (κ3) is 4.47. The largest absolute Gasteiger partial charge is 0.481 e. The highest BCUT2D eigenvalue weighted by Crippen LogP contribution is 2.33. The predicted molar refractivity (Wildman–Crippen MR) is 64.6 cm³/mol. The second-order valence-electron chi connectivity index (χ2n) is 4.96. The first-order valence-electron chi connectivity index (χ1n) is 5.67. The Morgan fingerprint density at radius 2 is 2.06 bits per heavy atom. The van der Waals surface area contributed by atoms with Gasteiger partial charge in [0, 0.05) is 26.1 Å². The molecule has 1 fully saturated rings. The molecule has 1 saturated heterocycles. The van der Waals surface area contributed by atoms with Crippen LogP contribution in [-0.4, -0.2) is 35.2 Å². The molecule has 1 rings (SSSR count). The van der Waals surface area contributed by atoms with Crippen LogP contribution in [0.5, 0.6) is 0 Å². The fourth-order valence-electron chi connectivity index (χ4n) is 2.15. The van der Waals surface area contributed by atoms with E-state index in [1.165, 1.54) is 0 Å². The molecule has 0 saturated carbocycles. The average Bonchev–Trinajstić information content (AvgIpc) is 2.13. The van der Waals surface area contributed by atoms with E-state index in [1.54, 1.807) is 0 Å². The number of hydrogen-bond acceptors (Lipinski definition) is 4. The second kappa shape index (κ2) is 6.18. The third-order valence-corrected chi connectivity index (χ3v) is 3.31. The Labute approximate surface area is 97.8 Å². The first-order valence-corrected chi connectivity index (χ1v) is 5.67. The minimum Gasteiger partial charge on any atom is -0.481 e. The minimum absolute atomic E-state index is 0.201. The van der Waals surface area contributed by atoms with Crippen molar-refractivity contribution < 1.29 is 9.90 Å². The molecule has 3 atom stereocenters. The Bertz CT molecular complexity index is 231. The normalized spacial score (nSPS) is 35.1. The molecule has 0 bridgehead atoms. The lowest BCUT2D eigenvalue weighted by molar-refractivity contribution is -0.134. The maximum Gasteiger partial charge on any atom is 0.300 e. The quantitative estimate of drug-likeness (QED) is 0.576. The van der Waals surface area contributed by atoms with Gasteiger partial charge in [-0.25, -0.2) is 5.01 Å². The number of piperidine rings is 1. The van der Waals surface area contributed by atoms with Gasteiger partial charge in [-0.2, -0.15) is 0 Å². The minimum atomic E-state index is -0.833. The number of rotatable bonds is 1. The fraction of sp³-hybridized carbons (Fsp3) is 0.909. The summed E-state index contributed by atoms with van der Waals surface area (Å²) in [6, 6.07) is 0.294. The zero-order valence-electron chi connectivity index (χ0n) is 10.7. The summed E-state index contributed by atoms with van der Waals surface area (Å²) in [7, 11) is 0. The number of carbonyl (C=O) groups is 1. The predicted octanol–water partition coefficient (Wildman–Crippen LogP) is 0.646. The van der Waals surface area contributed by atoms with Crippen LogP contribution in [-0.2, 0) is 4.79 Å². The van der Waals surface area contributed by atoms with Crippen molar-refractivity contribution in [3.8, 4) is 0 Å². The number of hydrazine groups is 1. The van der Waals surface area contributed by atoms with E-state index >= 15 is 0 Å². The van der Waals surface area contributed by atoms with Crippen LogP contribution in [0.2, 0.25) is 0 Å². The van der Waals surface area contributed by atoms with Gasteiger partial charge in [-0.3, -0.25) is 10.6 Å². The van der Waals surface area contributed by atoms with E-state index in [2.05, 4.69) is 20.8 Å². The summed E-state index contributed by atoms with van der Waals surface area (Å²) in [5.41, 5.74) is 6.35. The van der Waals surface area contributed by atoms with Gasteiger partial charge >= 0.3 is 0 Å². The van der Waals surface area contributed by atoms with Crippen molar-refractivity contribution in [3.05, 3.63) is 0 Å². The molecule has 1 aliphatic heterocycles. The molecule has 0 aliphatic carbocycles. The Hall–Kier alpha value is -0.650. The first kappa shape index (κ1) is 15.3. The summed E-state index contributed by atoms with van der Waals surface area (Å²) in [5, 5.41) is 9.32. The van der Waals surface area contributed by atoms with Crippen molar-refractivity contribution in [2.45, 2.75) is 40.2 Å². The zero-order chi connectivity index (χ0) is 12.9. The van der Waals surface area contributed by atoms with Crippen LogP contribution in [0.25, 0.3) is 0 Å². The van der Waals surface area contributed by atoms with Crippen LogP contribution in [0.4, 0.5) is 0 Å². The van der Waals surface area contributed by atoms with Gasteiger partial charge in [-0.1, -0.05) is 20.8 Å². The van der Waals surface area contributed by atoms with Crippen LogP contribution in [0.15, 0.2) is 0 Å². The van der Waals surface area contributed by atoms with Crippen LogP contribution >= 0.6 is 0 Å². The number of aliphatic carboxylic acids is 1. The van der Waals surface area contributed by atoms with Crippen molar-refractivity contribution >= 4 is 5.97 Å². The summed E-state index contributed by atoms with van der Waals surface area (Å²) in [4.78, 5) is 9.00. The molecule has 5 N–H and O–H groups in total. The Balaban J connectivity index is 0.000000487. The molecular weight excluding hydrogens is 206 g/mol. The van der Waals surface area contributed by atoms with Gasteiger partial charge in [0.05, 0.1) is 0 Å². The third-order valence-electron chi connectivity index (χ3n) is 3.31. The second-order valence-corrected chi connectivity index (χ2v) is 4.96. The Morgan fingerprint density at radius 1 is 1.62 bits per heavy atom. The fourth-order valence-corrected chi connectivity index (χ4v) is 2.15. The molecule has 5 heteroatoms. The van der Waals surface area contributed by atoms with Crippen molar-refractivity contribution in [1.29, 1.82) is 0 Å². The molecule has 16 heavy (non-hydrogen) atoms. The van der Waals surface area contributed by atoms with E-state index in [0.29, 0.717) is 12.0 Å². The van der Waals surface area contributed by atoms with Crippen LogP contribution in [0, 0.1) is 11.3 Å². The van der Waals surface area contributed by atoms with Gasteiger partial charge in [0.2, 0.25) is 0 Å². The van der Waals surface area contributed by atoms with Gasteiger partial charge < -0.3 is 10.8 Å². The zero-order valence-corrected chi connectivity index (χ0v) is 10.7. The molecular formula is C11H25N3O2. The highest BCUT2D eigenvalue weighted by atomic mass is 16.4. The summed E-state index contributed by atoms with van der Waals surface area (Å²) < 4.78 is 0. The summed E-state index contributed by atoms with van der Waals surface area (Å²) in [6.07, 6.45) is 1.10. The molecule has 0 aromatic heterocycles. The maximum absolute atomic E-state index is 9.00. The lowest BCUT2D eigenvalue weighted by atomic mass is 9.72. The topological polar surface area (TPSA) is 92.6 Å². The molecule has 0 aromatic carbocycles.